The summed E-state index contributed by atoms with van der Waals surface area (Å²) >= 11 is 0. The van der Waals surface area contributed by atoms with Gasteiger partial charge < -0.3 is 5.32 Å². The number of hydrogen-bond donors (Lipinski definition) is 1. The third-order valence-electron chi connectivity index (χ3n) is 6.10. The Kier molecular flexibility index (Phi) is 3.76. The van der Waals surface area contributed by atoms with Crippen molar-refractivity contribution in [2.24, 2.45) is 0 Å². The van der Waals surface area contributed by atoms with Gasteiger partial charge in [0.2, 0.25) is 0 Å². The average Bonchev–Trinajstić information content (AvgIpc) is 2.74. The van der Waals surface area contributed by atoms with Crippen molar-refractivity contribution in [3.8, 4) is 0 Å². The highest BCUT2D eigenvalue weighted by molar-refractivity contribution is 5.31. The van der Waals surface area contributed by atoms with Crippen molar-refractivity contribution in [1.82, 2.24) is 10.2 Å². The van der Waals surface area contributed by atoms with Gasteiger partial charge in [0.15, 0.2) is 0 Å². The van der Waals surface area contributed by atoms with Crippen molar-refractivity contribution in [2.75, 3.05) is 7.05 Å². The van der Waals surface area contributed by atoms with E-state index in [4.69, 9.17) is 0 Å². The number of nitrogens with zero attached hydrogens (tertiary/aromatic N) is 1. The van der Waals surface area contributed by atoms with Gasteiger partial charge in [0.1, 0.15) is 0 Å². The predicted molar refractivity (Wildman–Crippen MR) is 87.5 cm³/mol. The average molecular weight is 284 g/mol. The molecule has 2 nitrogen and oxygen atoms in total. The normalized spacial score (nSPS) is 35.5. The minimum Gasteiger partial charge on any atom is -0.311 e. The van der Waals surface area contributed by atoms with Gasteiger partial charge in [-0.2, -0.15) is 0 Å². The summed E-state index contributed by atoms with van der Waals surface area (Å²) < 4.78 is 0. The molecule has 1 aromatic carbocycles. The van der Waals surface area contributed by atoms with Gasteiger partial charge in [0.25, 0.3) is 0 Å². The Bertz CT molecular complexity index is 486. The lowest BCUT2D eigenvalue weighted by atomic mass is 9.92. The van der Waals surface area contributed by atoms with E-state index in [1.807, 2.05) is 0 Å². The van der Waals surface area contributed by atoms with Crippen LogP contribution in [-0.4, -0.2) is 30.1 Å². The molecule has 2 bridgehead atoms. The lowest BCUT2D eigenvalue weighted by Crippen LogP contribution is -2.48. The molecule has 0 amide bonds. The standard InChI is InChI=1S/C19H28N2/c1-21(17-12-15-10-11-16(13-17)20-15)19-9-5-3-7-14-6-2-4-8-18(14)19/h2,4,6,8,15-17,19-20H,3,5,7,9-13H2,1H3. The SMILES string of the molecule is CN(C1CC2CCC(C1)N2)C1CCCCc2ccccc21. The van der Waals surface area contributed by atoms with Gasteiger partial charge in [-0.25, -0.2) is 0 Å². The molecule has 1 aliphatic carbocycles. The van der Waals surface area contributed by atoms with E-state index in [-0.39, 0.29) is 0 Å². The second kappa shape index (κ2) is 5.73. The van der Waals surface area contributed by atoms with Gasteiger partial charge in [-0.05, 0) is 63.1 Å². The number of nitrogens with one attached hydrogen (secondary N) is 1. The minimum absolute atomic E-state index is 0.645. The van der Waals surface area contributed by atoms with Crippen molar-refractivity contribution in [3.05, 3.63) is 35.4 Å². The fourth-order valence-electron chi connectivity index (χ4n) is 4.93. The summed E-state index contributed by atoms with van der Waals surface area (Å²) in [6.45, 7) is 0. The summed E-state index contributed by atoms with van der Waals surface area (Å²) in [7, 11) is 2.39. The van der Waals surface area contributed by atoms with E-state index in [0.29, 0.717) is 6.04 Å². The second-order valence-corrected chi connectivity index (χ2v) is 7.39. The Hall–Kier alpha value is -0.860. The lowest BCUT2D eigenvalue weighted by molar-refractivity contribution is 0.118. The molecule has 3 aliphatic rings. The zero-order valence-corrected chi connectivity index (χ0v) is 13.2. The van der Waals surface area contributed by atoms with Crippen LogP contribution in [-0.2, 0) is 6.42 Å². The van der Waals surface area contributed by atoms with Crippen LogP contribution in [0.1, 0.15) is 62.1 Å². The van der Waals surface area contributed by atoms with Crippen molar-refractivity contribution in [3.63, 3.8) is 0 Å². The molecular formula is C19H28N2. The van der Waals surface area contributed by atoms with Crippen LogP contribution in [0.25, 0.3) is 0 Å². The number of rotatable bonds is 2. The molecule has 2 fully saturated rings. The molecule has 2 heterocycles. The highest BCUT2D eigenvalue weighted by Crippen LogP contribution is 2.37. The van der Waals surface area contributed by atoms with E-state index in [0.717, 1.165) is 18.1 Å². The summed E-state index contributed by atoms with van der Waals surface area (Å²) in [6, 6.07) is 12.2. The first-order valence-electron chi connectivity index (χ1n) is 8.87. The van der Waals surface area contributed by atoms with Crippen molar-refractivity contribution in [2.45, 2.75) is 75.5 Å². The van der Waals surface area contributed by atoms with Gasteiger partial charge in [0.05, 0.1) is 0 Å². The smallest absolute Gasteiger partial charge is 0.0350 e. The highest BCUT2D eigenvalue weighted by atomic mass is 15.2. The van der Waals surface area contributed by atoms with Crippen molar-refractivity contribution in [1.29, 1.82) is 0 Å². The molecule has 3 atom stereocenters. The Morgan fingerprint density at radius 2 is 1.76 bits per heavy atom. The molecule has 2 heteroatoms. The van der Waals surface area contributed by atoms with E-state index < -0.39 is 0 Å². The van der Waals surface area contributed by atoms with Crippen LogP contribution < -0.4 is 5.32 Å². The maximum atomic E-state index is 3.78. The topological polar surface area (TPSA) is 15.3 Å². The number of fused-ring (bicyclic) bond motifs is 3. The first kappa shape index (κ1) is 13.8. The minimum atomic E-state index is 0.645. The fraction of sp³-hybridized carbons (Fsp3) is 0.684. The number of hydrogen-bond acceptors (Lipinski definition) is 2. The Morgan fingerprint density at radius 1 is 1.00 bits per heavy atom. The second-order valence-electron chi connectivity index (χ2n) is 7.39. The molecule has 0 radical (unpaired) electrons. The summed E-state index contributed by atoms with van der Waals surface area (Å²) in [5.41, 5.74) is 3.21. The summed E-state index contributed by atoms with van der Waals surface area (Å²) in [4.78, 5) is 2.73. The van der Waals surface area contributed by atoms with Gasteiger partial charge in [-0.1, -0.05) is 30.7 Å². The number of piperidine rings is 1. The first-order valence-corrected chi connectivity index (χ1v) is 8.87. The van der Waals surface area contributed by atoms with Gasteiger partial charge >= 0.3 is 0 Å². The van der Waals surface area contributed by atoms with E-state index in [9.17, 15) is 0 Å². The number of benzene rings is 1. The van der Waals surface area contributed by atoms with Crippen molar-refractivity contribution < 1.29 is 0 Å². The molecule has 2 aliphatic heterocycles. The van der Waals surface area contributed by atoms with Crippen LogP contribution in [0.3, 0.4) is 0 Å². The van der Waals surface area contributed by atoms with Gasteiger partial charge in [-0.15, -0.1) is 0 Å². The van der Waals surface area contributed by atoms with E-state index in [2.05, 4.69) is 41.5 Å². The molecule has 1 aromatic rings. The van der Waals surface area contributed by atoms with Crippen LogP contribution in [0.4, 0.5) is 0 Å². The Morgan fingerprint density at radius 3 is 2.57 bits per heavy atom. The summed E-state index contributed by atoms with van der Waals surface area (Å²) in [5.74, 6) is 0. The molecule has 0 spiro atoms. The van der Waals surface area contributed by atoms with Crippen LogP contribution >= 0.6 is 0 Å². The summed E-state index contributed by atoms with van der Waals surface area (Å²) in [6.07, 6.45) is 10.9. The molecule has 4 rings (SSSR count). The first-order chi connectivity index (χ1) is 10.3. The molecular weight excluding hydrogens is 256 g/mol. The van der Waals surface area contributed by atoms with E-state index >= 15 is 0 Å². The zero-order chi connectivity index (χ0) is 14.2. The van der Waals surface area contributed by atoms with Crippen LogP contribution in [0, 0.1) is 0 Å². The largest absolute Gasteiger partial charge is 0.311 e. The quantitative estimate of drug-likeness (QED) is 0.834. The van der Waals surface area contributed by atoms with E-state index in [1.165, 1.54) is 51.4 Å². The third-order valence-corrected chi connectivity index (χ3v) is 6.10. The van der Waals surface area contributed by atoms with E-state index in [1.54, 1.807) is 11.1 Å². The molecule has 0 aromatic heterocycles. The van der Waals surface area contributed by atoms with Gasteiger partial charge in [0, 0.05) is 24.2 Å². The maximum absolute atomic E-state index is 3.78. The monoisotopic (exact) mass is 284 g/mol. The molecule has 21 heavy (non-hydrogen) atoms. The predicted octanol–water partition coefficient (Wildman–Crippen LogP) is 3.67. The fourth-order valence-corrected chi connectivity index (χ4v) is 4.93. The molecule has 1 N–H and O–H groups in total. The van der Waals surface area contributed by atoms with Crippen LogP contribution in [0.2, 0.25) is 0 Å². The maximum Gasteiger partial charge on any atom is 0.0350 e. The molecule has 0 saturated carbocycles. The molecule has 2 saturated heterocycles. The summed E-state index contributed by atoms with van der Waals surface area (Å²) in [5, 5.41) is 3.78. The Labute approximate surface area is 128 Å². The van der Waals surface area contributed by atoms with Crippen LogP contribution in [0.5, 0.6) is 0 Å². The zero-order valence-electron chi connectivity index (χ0n) is 13.2. The molecule has 114 valence electrons. The number of aryl methyl sites for hydroxylation is 1. The van der Waals surface area contributed by atoms with Gasteiger partial charge in [-0.3, -0.25) is 4.90 Å². The lowest BCUT2D eigenvalue weighted by Gasteiger charge is -2.40. The van der Waals surface area contributed by atoms with Crippen molar-refractivity contribution >= 4 is 0 Å². The Balaban J connectivity index is 1.57. The third kappa shape index (κ3) is 2.64. The molecule has 3 unspecified atom stereocenters. The van der Waals surface area contributed by atoms with Crippen LogP contribution in [0.15, 0.2) is 24.3 Å². The highest BCUT2D eigenvalue weighted by Gasteiger charge is 2.37.